The van der Waals surface area contributed by atoms with Crippen LogP contribution < -0.4 is 4.83 Å². The van der Waals surface area contributed by atoms with Gasteiger partial charge in [-0.1, -0.05) is 29.3 Å². The van der Waals surface area contributed by atoms with Gasteiger partial charge in [0.1, 0.15) is 5.82 Å². The Hall–Kier alpha value is -1.63. The minimum absolute atomic E-state index is 0.105. The Labute approximate surface area is 131 Å². The van der Waals surface area contributed by atoms with Crippen molar-refractivity contribution >= 4 is 39.4 Å². The maximum absolute atomic E-state index is 12.8. The summed E-state index contributed by atoms with van der Waals surface area (Å²) in [4.78, 5) is 1.89. The van der Waals surface area contributed by atoms with E-state index in [2.05, 4.69) is 5.10 Å². The third kappa shape index (κ3) is 3.93. The fourth-order valence-electron chi connectivity index (χ4n) is 1.46. The second-order valence-electron chi connectivity index (χ2n) is 3.94. The summed E-state index contributed by atoms with van der Waals surface area (Å²) >= 11 is 11.8. The zero-order chi connectivity index (χ0) is 15.5. The molecular weight excluding hydrogens is 338 g/mol. The van der Waals surface area contributed by atoms with Gasteiger partial charge in [-0.05, 0) is 36.4 Å². The van der Waals surface area contributed by atoms with Crippen LogP contribution in [-0.2, 0) is 10.0 Å². The summed E-state index contributed by atoms with van der Waals surface area (Å²) in [6.45, 7) is 0. The van der Waals surface area contributed by atoms with Crippen LogP contribution in [0.2, 0.25) is 10.0 Å². The van der Waals surface area contributed by atoms with Crippen LogP contribution in [0.4, 0.5) is 4.39 Å². The Bertz CT molecular complexity index is 757. The molecule has 0 spiro atoms. The van der Waals surface area contributed by atoms with Gasteiger partial charge >= 0.3 is 0 Å². The van der Waals surface area contributed by atoms with Crippen LogP contribution in [0, 0.1) is 5.82 Å². The second kappa shape index (κ2) is 6.43. The van der Waals surface area contributed by atoms with E-state index in [1.54, 1.807) is 18.2 Å². The normalized spacial score (nSPS) is 11.8. The van der Waals surface area contributed by atoms with Crippen molar-refractivity contribution in [2.75, 3.05) is 0 Å². The van der Waals surface area contributed by atoms with Gasteiger partial charge in [0.25, 0.3) is 10.0 Å². The molecule has 0 aliphatic rings. The van der Waals surface area contributed by atoms with Gasteiger partial charge in [0, 0.05) is 5.56 Å². The van der Waals surface area contributed by atoms with Crippen molar-refractivity contribution in [2.24, 2.45) is 5.10 Å². The van der Waals surface area contributed by atoms with E-state index in [1.165, 1.54) is 6.21 Å². The molecule has 21 heavy (non-hydrogen) atoms. The molecular formula is C13H9Cl2FN2O2S. The van der Waals surface area contributed by atoms with Crippen molar-refractivity contribution in [3.63, 3.8) is 0 Å². The molecule has 0 aliphatic carbocycles. The van der Waals surface area contributed by atoms with Crippen molar-refractivity contribution in [3.05, 3.63) is 63.9 Å². The number of nitrogens with one attached hydrogen (secondary N) is 1. The maximum atomic E-state index is 12.8. The van der Waals surface area contributed by atoms with Crippen LogP contribution in [0.25, 0.3) is 0 Å². The number of hydrogen-bond acceptors (Lipinski definition) is 3. The molecule has 8 heteroatoms. The average molecular weight is 347 g/mol. The molecule has 0 radical (unpaired) electrons. The number of rotatable bonds is 4. The molecule has 2 aromatic carbocycles. The summed E-state index contributed by atoms with van der Waals surface area (Å²) in [5.74, 6) is -0.527. The zero-order valence-corrected chi connectivity index (χ0v) is 12.8. The Morgan fingerprint density at radius 3 is 2.19 bits per heavy atom. The molecule has 0 unspecified atom stereocenters. The number of hydrazone groups is 1. The van der Waals surface area contributed by atoms with Crippen LogP contribution in [0.1, 0.15) is 5.56 Å². The largest absolute Gasteiger partial charge is 0.276 e. The van der Waals surface area contributed by atoms with Crippen LogP contribution in [0.3, 0.4) is 0 Å². The first-order valence-corrected chi connectivity index (χ1v) is 7.88. The first kappa shape index (κ1) is 15.8. The molecule has 0 aromatic heterocycles. The third-order valence-corrected chi connectivity index (χ3v) is 4.39. The monoisotopic (exact) mass is 346 g/mol. The standard InChI is InChI=1S/C13H9Cl2FN2O2S/c14-12-2-1-3-13(15)11(12)8-17-18-21(19,20)10-6-4-9(16)5-7-10/h1-8,18H/b17-8+. The molecule has 0 aliphatic heterocycles. The lowest BCUT2D eigenvalue weighted by atomic mass is 10.2. The van der Waals surface area contributed by atoms with Gasteiger partial charge in [0.2, 0.25) is 0 Å². The molecule has 0 bridgehead atoms. The van der Waals surface area contributed by atoms with Gasteiger partial charge in [-0.15, -0.1) is 0 Å². The van der Waals surface area contributed by atoms with E-state index in [9.17, 15) is 12.8 Å². The predicted octanol–water partition coefficient (Wildman–Crippen LogP) is 3.44. The highest BCUT2D eigenvalue weighted by Gasteiger charge is 2.12. The van der Waals surface area contributed by atoms with Crippen LogP contribution in [0.15, 0.2) is 52.5 Å². The summed E-state index contributed by atoms with van der Waals surface area (Å²) < 4.78 is 36.5. The summed E-state index contributed by atoms with van der Waals surface area (Å²) in [5.41, 5.74) is 0.391. The van der Waals surface area contributed by atoms with Crippen molar-refractivity contribution in [1.82, 2.24) is 4.83 Å². The fourth-order valence-corrected chi connectivity index (χ4v) is 2.75. The van der Waals surface area contributed by atoms with Crippen molar-refractivity contribution in [2.45, 2.75) is 4.90 Å². The highest BCUT2D eigenvalue weighted by atomic mass is 35.5. The number of benzene rings is 2. The van der Waals surface area contributed by atoms with Gasteiger partial charge < -0.3 is 0 Å². The predicted molar refractivity (Wildman–Crippen MR) is 80.8 cm³/mol. The summed E-state index contributed by atoms with van der Waals surface area (Å²) in [7, 11) is -3.87. The zero-order valence-electron chi connectivity index (χ0n) is 10.4. The summed E-state index contributed by atoms with van der Waals surface area (Å²) in [6.07, 6.45) is 1.20. The molecule has 2 rings (SSSR count). The average Bonchev–Trinajstić information content (AvgIpc) is 2.42. The molecule has 0 heterocycles. The smallest absolute Gasteiger partial charge is 0.207 e. The van der Waals surface area contributed by atoms with E-state index in [-0.39, 0.29) is 4.90 Å². The van der Waals surface area contributed by atoms with E-state index in [4.69, 9.17) is 23.2 Å². The lowest BCUT2D eigenvalue weighted by Gasteiger charge is -2.04. The van der Waals surface area contributed by atoms with E-state index in [1.807, 2.05) is 4.83 Å². The highest BCUT2D eigenvalue weighted by molar-refractivity contribution is 7.89. The number of halogens is 3. The molecule has 1 N–H and O–H groups in total. The Morgan fingerprint density at radius 1 is 1.05 bits per heavy atom. The van der Waals surface area contributed by atoms with Crippen molar-refractivity contribution in [3.8, 4) is 0 Å². The third-order valence-electron chi connectivity index (χ3n) is 2.49. The molecule has 0 atom stereocenters. The molecule has 4 nitrogen and oxygen atoms in total. The minimum Gasteiger partial charge on any atom is -0.207 e. The quantitative estimate of drug-likeness (QED) is 0.680. The maximum Gasteiger partial charge on any atom is 0.276 e. The van der Waals surface area contributed by atoms with Crippen LogP contribution in [-0.4, -0.2) is 14.6 Å². The lowest BCUT2D eigenvalue weighted by Crippen LogP contribution is -2.18. The number of sulfonamides is 1. The van der Waals surface area contributed by atoms with Crippen LogP contribution in [0.5, 0.6) is 0 Å². The van der Waals surface area contributed by atoms with Gasteiger partial charge in [-0.3, -0.25) is 0 Å². The molecule has 0 saturated heterocycles. The molecule has 110 valence electrons. The number of hydrogen-bond donors (Lipinski definition) is 1. The van der Waals surface area contributed by atoms with E-state index in [0.717, 1.165) is 24.3 Å². The minimum atomic E-state index is -3.87. The lowest BCUT2D eigenvalue weighted by molar-refractivity contribution is 0.583. The molecule has 0 amide bonds. The highest BCUT2D eigenvalue weighted by Crippen LogP contribution is 2.22. The van der Waals surface area contributed by atoms with E-state index >= 15 is 0 Å². The Kier molecular flexibility index (Phi) is 4.82. The first-order valence-electron chi connectivity index (χ1n) is 5.64. The SMILES string of the molecule is O=S(=O)(N/N=C/c1c(Cl)cccc1Cl)c1ccc(F)cc1. The molecule has 0 fully saturated rings. The topological polar surface area (TPSA) is 58.5 Å². The van der Waals surface area contributed by atoms with Gasteiger partial charge in [-0.2, -0.15) is 13.5 Å². The van der Waals surface area contributed by atoms with Gasteiger partial charge in [-0.25, -0.2) is 9.22 Å². The number of nitrogens with zero attached hydrogens (tertiary/aromatic N) is 1. The Morgan fingerprint density at radius 2 is 1.62 bits per heavy atom. The molecule has 2 aromatic rings. The van der Waals surface area contributed by atoms with Gasteiger partial charge in [0.15, 0.2) is 0 Å². The Balaban J connectivity index is 2.19. The van der Waals surface area contributed by atoms with Crippen molar-refractivity contribution < 1.29 is 12.8 Å². The molecule has 0 saturated carbocycles. The van der Waals surface area contributed by atoms with Crippen LogP contribution >= 0.6 is 23.2 Å². The second-order valence-corrected chi connectivity index (χ2v) is 6.42. The van der Waals surface area contributed by atoms with E-state index in [0.29, 0.717) is 15.6 Å². The van der Waals surface area contributed by atoms with E-state index < -0.39 is 15.8 Å². The van der Waals surface area contributed by atoms with Gasteiger partial charge in [0.05, 0.1) is 21.2 Å². The summed E-state index contributed by atoms with van der Waals surface area (Å²) in [5, 5.41) is 4.29. The van der Waals surface area contributed by atoms with Crippen molar-refractivity contribution in [1.29, 1.82) is 0 Å². The summed E-state index contributed by atoms with van der Waals surface area (Å²) in [6, 6.07) is 9.22. The first-order chi connectivity index (χ1) is 9.90. The fraction of sp³-hybridized carbons (Fsp3) is 0.